The van der Waals surface area contributed by atoms with Crippen LogP contribution in [0.15, 0.2) is 64.9 Å². The second-order valence-electron chi connectivity index (χ2n) is 4.40. The Morgan fingerprint density at radius 3 is 3.00 bits per heavy atom. The molecule has 0 aromatic rings. The maximum atomic E-state index is 6.12. The number of rotatable bonds is 4. The molecule has 0 aromatic carbocycles. The zero-order valence-electron chi connectivity index (χ0n) is 11.5. The number of aliphatic imine (C=N–C) groups is 1. The topological polar surface area (TPSA) is 45.7 Å². The molecule has 0 bridgehead atoms. The van der Waals surface area contributed by atoms with Crippen LogP contribution in [-0.4, -0.2) is 24.8 Å². The summed E-state index contributed by atoms with van der Waals surface area (Å²) in [5.74, 6) is 1.34. The summed E-state index contributed by atoms with van der Waals surface area (Å²) in [7, 11) is 1.70. The van der Waals surface area contributed by atoms with Gasteiger partial charge in [0.1, 0.15) is 5.76 Å². The number of nitrogens with one attached hydrogen (secondary N) is 2. The molecule has 2 aliphatic rings. The molecule has 2 rings (SSSR count). The van der Waals surface area contributed by atoms with Crippen LogP contribution in [-0.2, 0) is 4.74 Å². The van der Waals surface area contributed by atoms with Gasteiger partial charge in [-0.1, -0.05) is 18.2 Å². The van der Waals surface area contributed by atoms with E-state index in [4.69, 9.17) is 16.3 Å². The molecule has 0 spiro atoms. The van der Waals surface area contributed by atoms with E-state index >= 15 is 0 Å². The van der Waals surface area contributed by atoms with Crippen molar-refractivity contribution in [3.63, 3.8) is 0 Å². The number of hydrogen-bond donors (Lipinski definition) is 2. The lowest BCUT2D eigenvalue weighted by Gasteiger charge is -2.16. The Kier molecular flexibility index (Phi) is 5.07. The Morgan fingerprint density at radius 2 is 2.30 bits per heavy atom. The van der Waals surface area contributed by atoms with Crippen LogP contribution in [0, 0.1) is 0 Å². The molecule has 20 heavy (non-hydrogen) atoms. The maximum Gasteiger partial charge on any atom is 0.203 e. The second-order valence-corrected chi connectivity index (χ2v) is 4.90. The van der Waals surface area contributed by atoms with Gasteiger partial charge in [-0.3, -0.25) is 4.99 Å². The number of nitrogens with zero attached hydrogens (tertiary/aromatic N) is 1. The molecule has 2 atom stereocenters. The van der Waals surface area contributed by atoms with Crippen LogP contribution < -0.4 is 10.6 Å². The van der Waals surface area contributed by atoms with Gasteiger partial charge < -0.3 is 15.4 Å². The highest BCUT2D eigenvalue weighted by Gasteiger charge is 2.17. The molecular weight excluding hydrogens is 274 g/mol. The molecule has 0 fully saturated rings. The Hall–Kier alpha value is -1.94. The Bertz CT molecular complexity index is 529. The van der Waals surface area contributed by atoms with Crippen molar-refractivity contribution in [2.75, 3.05) is 7.05 Å². The van der Waals surface area contributed by atoms with Crippen LogP contribution in [0.5, 0.6) is 0 Å². The van der Waals surface area contributed by atoms with Gasteiger partial charge in [-0.15, -0.1) is 11.6 Å². The quantitative estimate of drug-likeness (QED) is 0.362. The van der Waals surface area contributed by atoms with Gasteiger partial charge in [0.05, 0.1) is 17.8 Å². The van der Waals surface area contributed by atoms with Gasteiger partial charge in [-0.25, -0.2) is 0 Å². The number of alkyl halides is 1. The minimum Gasteiger partial charge on any atom is -0.441 e. The van der Waals surface area contributed by atoms with E-state index in [0.717, 1.165) is 5.57 Å². The first kappa shape index (κ1) is 14.5. The normalized spacial score (nSPS) is 27.2. The minimum absolute atomic E-state index is 0.180. The van der Waals surface area contributed by atoms with Crippen molar-refractivity contribution in [3.05, 3.63) is 59.9 Å². The van der Waals surface area contributed by atoms with E-state index in [-0.39, 0.29) is 11.4 Å². The molecule has 5 heteroatoms. The Balaban J connectivity index is 2.23. The van der Waals surface area contributed by atoms with E-state index in [9.17, 15) is 0 Å². The summed E-state index contributed by atoms with van der Waals surface area (Å²) in [6, 6.07) is 0.183. The lowest BCUT2D eigenvalue weighted by molar-refractivity contribution is 0.297. The van der Waals surface area contributed by atoms with Crippen LogP contribution >= 0.6 is 11.6 Å². The smallest absolute Gasteiger partial charge is 0.203 e. The second kappa shape index (κ2) is 7.01. The van der Waals surface area contributed by atoms with Gasteiger partial charge in [-0.05, 0) is 31.4 Å². The van der Waals surface area contributed by atoms with Gasteiger partial charge in [0.15, 0.2) is 0 Å². The number of halogens is 1. The molecule has 0 saturated heterocycles. The fraction of sp³-hybridized carbons (Fsp3) is 0.267. The van der Waals surface area contributed by atoms with Crippen molar-refractivity contribution in [1.82, 2.24) is 10.6 Å². The van der Waals surface area contributed by atoms with Gasteiger partial charge in [0, 0.05) is 12.6 Å². The summed E-state index contributed by atoms with van der Waals surface area (Å²) in [4.78, 5) is 3.93. The molecule has 1 aliphatic heterocycles. The molecule has 1 aliphatic carbocycles. The van der Waals surface area contributed by atoms with E-state index in [1.807, 2.05) is 42.7 Å². The first-order chi connectivity index (χ1) is 9.70. The van der Waals surface area contributed by atoms with Crippen molar-refractivity contribution in [2.24, 2.45) is 4.99 Å². The highest BCUT2D eigenvalue weighted by molar-refractivity contribution is 6.23. The van der Waals surface area contributed by atoms with E-state index in [0.29, 0.717) is 11.6 Å². The average molecular weight is 292 g/mol. The van der Waals surface area contributed by atoms with Gasteiger partial charge in [0.2, 0.25) is 5.88 Å². The fourth-order valence-electron chi connectivity index (χ4n) is 1.86. The van der Waals surface area contributed by atoms with Gasteiger partial charge in [-0.2, -0.15) is 0 Å². The van der Waals surface area contributed by atoms with Crippen molar-refractivity contribution < 1.29 is 4.74 Å². The number of allylic oxidation sites excluding steroid dienone is 5. The van der Waals surface area contributed by atoms with Gasteiger partial charge in [0.25, 0.3) is 0 Å². The summed E-state index contributed by atoms with van der Waals surface area (Å²) < 4.78 is 5.93. The molecular formula is C15H18ClN3O. The molecule has 0 amide bonds. The lowest BCUT2D eigenvalue weighted by Crippen LogP contribution is -2.23. The molecule has 0 radical (unpaired) electrons. The third-order valence-corrected chi connectivity index (χ3v) is 3.14. The Morgan fingerprint density at radius 1 is 1.45 bits per heavy atom. The van der Waals surface area contributed by atoms with Gasteiger partial charge >= 0.3 is 0 Å². The third-order valence-electron chi connectivity index (χ3n) is 2.87. The molecule has 1 heterocycles. The summed E-state index contributed by atoms with van der Waals surface area (Å²) in [6.45, 7) is 2.06. The first-order valence-corrected chi connectivity index (χ1v) is 6.87. The van der Waals surface area contributed by atoms with Crippen LogP contribution in [0.25, 0.3) is 0 Å². The predicted molar refractivity (Wildman–Crippen MR) is 83.4 cm³/mol. The van der Waals surface area contributed by atoms with Crippen molar-refractivity contribution in [1.29, 1.82) is 0 Å². The van der Waals surface area contributed by atoms with Crippen molar-refractivity contribution in [3.8, 4) is 0 Å². The molecule has 106 valence electrons. The molecule has 0 aromatic heterocycles. The van der Waals surface area contributed by atoms with Crippen molar-refractivity contribution in [2.45, 2.75) is 18.3 Å². The van der Waals surface area contributed by atoms with Crippen molar-refractivity contribution >= 4 is 17.9 Å². The highest BCUT2D eigenvalue weighted by atomic mass is 35.5. The predicted octanol–water partition coefficient (Wildman–Crippen LogP) is 2.59. The summed E-state index contributed by atoms with van der Waals surface area (Å²) in [5.41, 5.74) is 1.03. The zero-order chi connectivity index (χ0) is 14.4. The first-order valence-electron chi connectivity index (χ1n) is 6.43. The van der Waals surface area contributed by atoms with Crippen LogP contribution in [0.1, 0.15) is 6.92 Å². The van der Waals surface area contributed by atoms with E-state index in [1.165, 1.54) is 0 Å². The third kappa shape index (κ3) is 3.78. The monoisotopic (exact) mass is 291 g/mol. The fourth-order valence-corrected chi connectivity index (χ4v) is 2.07. The summed E-state index contributed by atoms with van der Waals surface area (Å²) in [5, 5.41) is 6.09. The summed E-state index contributed by atoms with van der Waals surface area (Å²) in [6.07, 6.45) is 14.9. The van der Waals surface area contributed by atoms with E-state index < -0.39 is 0 Å². The lowest BCUT2D eigenvalue weighted by atomic mass is 10.1. The molecule has 0 saturated carbocycles. The SMILES string of the molecule is CN=CN/C(OC1=CC(Cl)C=CC=C1)=C1/C=CNC1C. The van der Waals surface area contributed by atoms with Crippen LogP contribution in [0.4, 0.5) is 0 Å². The highest BCUT2D eigenvalue weighted by Crippen LogP contribution is 2.20. The Labute approximate surface area is 124 Å². The molecule has 2 N–H and O–H groups in total. The van der Waals surface area contributed by atoms with Crippen LogP contribution in [0.2, 0.25) is 0 Å². The van der Waals surface area contributed by atoms with E-state index in [2.05, 4.69) is 22.5 Å². The summed E-state index contributed by atoms with van der Waals surface area (Å²) >= 11 is 6.12. The largest absolute Gasteiger partial charge is 0.441 e. The standard InChI is InChI=1S/C15H18ClN3O/c1-11-14(7-8-18-11)15(19-10-17-2)20-13-6-4-3-5-12(16)9-13/h3-12,18H,1-2H3,(H,17,19)/b15-14+. The zero-order valence-corrected chi connectivity index (χ0v) is 12.3. The van der Waals surface area contributed by atoms with Crippen LogP contribution in [0.3, 0.4) is 0 Å². The number of hydrogen-bond acceptors (Lipinski definition) is 3. The molecule has 2 unspecified atom stereocenters. The van der Waals surface area contributed by atoms with E-state index in [1.54, 1.807) is 13.4 Å². The average Bonchev–Trinajstić information content (AvgIpc) is 2.74. The molecule has 4 nitrogen and oxygen atoms in total. The number of ether oxygens (including phenoxy) is 1. The minimum atomic E-state index is -0.180. The maximum absolute atomic E-state index is 6.12.